The van der Waals surface area contributed by atoms with Crippen molar-refractivity contribution in [3.63, 3.8) is 0 Å². The number of hydrogen-bond donors (Lipinski definition) is 1. The van der Waals surface area contributed by atoms with E-state index >= 15 is 0 Å². The van der Waals surface area contributed by atoms with Crippen LogP contribution in [0.5, 0.6) is 5.75 Å². The lowest BCUT2D eigenvalue weighted by molar-refractivity contribution is -0.385. The molecule has 0 aliphatic carbocycles. The van der Waals surface area contributed by atoms with E-state index in [0.717, 1.165) is 19.2 Å². The first-order chi connectivity index (χ1) is 12.1. The number of ether oxygens (including phenoxy) is 2. The highest BCUT2D eigenvalue weighted by Crippen LogP contribution is 2.31. The Labute approximate surface area is 143 Å². The molecule has 1 aliphatic heterocycles. The third kappa shape index (κ3) is 3.74. The average molecular weight is 344 g/mol. The topological polar surface area (TPSA) is 112 Å². The van der Waals surface area contributed by atoms with E-state index in [1.807, 2.05) is 0 Å². The number of hydrogen-bond acceptors (Lipinski definition) is 6. The number of para-hydroxylation sites is 1. The Balaban J connectivity index is 1.92. The molecule has 3 rings (SSSR count). The summed E-state index contributed by atoms with van der Waals surface area (Å²) in [5, 5.41) is 20.2. The minimum Gasteiger partial charge on any atom is -0.493 e. The number of carboxylic acid groups (broad SMARTS) is 1. The third-order valence-electron chi connectivity index (χ3n) is 3.97. The Morgan fingerprint density at radius 1 is 1.44 bits per heavy atom. The SMILES string of the molecule is O=C(O)c1cc(-c2ccccc2OCC2CCOC2)ncc1[N+](=O)[O-]. The molecule has 0 radical (unpaired) electrons. The molecule has 1 saturated heterocycles. The first-order valence-corrected chi connectivity index (χ1v) is 7.74. The number of carboxylic acids is 1. The second-order valence-corrected chi connectivity index (χ2v) is 5.69. The number of aromatic carboxylic acids is 1. The fourth-order valence-electron chi connectivity index (χ4n) is 2.64. The van der Waals surface area contributed by atoms with Gasteiger partial charge in [0.15, 0.2) is 0 Å². The van der Waals surface area contributed by atoms with E-state index in [1.165, 1.54) is 6.07 Å². The molecule has 8 heteroatoms. The van der Waals surface area contributed by atoms with Gasteiger partial charge >= 0.3 is 11.7 Å². The highest BCUT2D eigenvalue weighted by molar-refractivity contribution is 5.93. The van der Waals surface area contributed by atoms with Crippen LogP contribution in [0.4, 0.5) is 5.69 Å². The molecule has 1 unspecified atom stereocenters. The van der Waals surface area contributed by atoms with Gasteiger partial charge in [0.1, 0.15) is 17.5 Å². The Hall–Kier alpha value is -3.00. The van der Waals surface area contributed by atoms with Crippen LogP contribution < -0.4 is 4.74 Å². The van der Waals surface area contributed by atoms with E-state index in [-0.39, 0.29) is 0 Å². The second-order valence-electron chi connectivity index (χ2n) is 5.69. The van der Waals surface area contributed by atoms with Gasteiger partial charge in [0.25, 0.3) is 0 Å². The molecule has 0 bridgehead atoms. The molecular weight excluding hydrogens is 328 g/mol. The van der Waals surface area contributed by atoms with E-state index in [4.69, 9.17) is 9.47 Å². The number of rotatable bonds is 6. The van der Waals surface area contributed by atoms with Crippen LogP contribution >= 0.6 is 0 Å². The zero-order valence-electron chi connectivity index (χ0n) is 13.3. The van der Waals surface area contributed by atoms with Gasteiger partial charge in [0.2, 0.25) is 0 Å². The van der Waals surface area contributed by atoms with Gasteiger partial charge in [-0.05, 0) is 24.6 Å². The van der Waals surface area contributed by atoms with Gasteiger partial charge in [0, 0.05) is 18.1 Å². The summed E-state index contributed by atoms with van der Waals surface area (Å²) in [5.41, 5.74) is -0.0631. The molecule has 1 aromatic carbocycles. The van der Waals surface area contributed by atoms with Crippen molar-refractivity contribution in [1.29, 1.82) is 0 Å². The predicted octanol–water partition coefficient (Wildman–Crippen LogP) is 2.77. The van der Waals surface area contributed by atoms with Crippen LogP contribution in [0.2, 0.25) is 0 Å². The van der Waals surface area contributed by atoms with Crippen LogP contribution in [-0.4, -0.2) is 40.8 Å². The van der Waals surface area contributed by atoms with Gasteiger partial charge in [-0.3, -0.25) is 10.1 Å². The molecule has 0 saturated carbocycles. The maximum absolute atomic E-state index is 11.3. The Kier molecular flexibility index (Phi) is 4.90. The van der Waals surface area contributed by atoms with Crippen molar-refractivity contribution in [2.45, 2.75) is 6.42 Å². The Bertz CT molecular complexity index is 801. The van der Waals surface area contributed by atoms with Gasteiger partial charge in [-0.2, -0.15) is 0 Å². The molecule has 25 heavy (non-hydrogen) atoms. The Morgan fingerprint density at radius 3 is 2.92 bits per heavy atom. The fraction of sp³-hybridized carbons (Fsp3) is 0.294. The fourth-order valence-corrected chi connectivity index (χ4v) is 2.64. The number of nitrogens with zero attached hydrogens (tertiary/aromatic N) is 2. The summed E-state index contributed by atoms with van der Waals surface area (Å²) in [7, 11) is 0. The van der Waals surface area contributed by atoms with Crippen molar-refractivity contribution in [2.75, 3.05) is 19.8 Å². The first kappa shape index (κ1) is 16.8. The number of carbonyl (C=O) groups is 1. The summed E-state index contributed by atoms with van der Waals surface area (Å²) in [6.07, 6.45) is 1.89. The lowest BCUT2D eigenvalue weighted by Crippen LogP contribution is -2.12. The van der Waals surface area contributed by atoms with E-state index in [2.05, 4.69) is 4.98 Å². The quantitative estimate of drug-likeness (QED) is 0.633. The molecule has 0 amide bonds. The van der Waals surface area contributed by atoms with Gasteiger partial charge in [-0.15, -0.1) is 0 Å². The molecule has 1 atom stereocenters. The van der Waals surface area contributed by atoms with Crippen LogP contribution in [0.25, 0.3) is 11.3 Å². The molecule has 1 fully saturated rings. The summed E-state index contributed by atoms with van der Waals surface area (Å²) < 4.78 is 11.2. The van der Waals surface area contributed by atoms with Crippen molar-refractivity contribution < 1.29 is 24.3 Å². The zero-order chi connectivity index (χ0) is 17.8. The molecule has 0 spiro atoms. The molecule has 8 nitrogen and oxygen atoms in total. The summed E-state index contributed by atoms with van der Waals surface area (Å²) in [5.74, 6) is -0.517. The lowest BCUT2D eigenvalue weighted by atomic mass is 10.1. The van der Waals surface area contributed by atoms with Crippen molar-refractivity contribution >= 4 is 11.7 Å². The number of nitro groups is 1. The van der Waals surface area contributed by atoms with Crippen molar-refractivity contribution in [1.82, 2.24) is 4.98 Å². The maximum Gasteiger partial charge on any atom is 0.342 e. The molecular formula is C17H16N2O6. The second kappa shape index (κ2) is 7.27. The number of pyridine rings is 1. The highest BCUT2D eigenvalue weighted by atomic mass is 16.6. The summed E-state index contributed by atoms with van der Waals surface area (Å²) in [4.78, 5) is 25.6. The Morgan fingerprint density at radius 2 is 2.24 bits per heavy atom. The highest BCUT2D eigenvalue weighted by Gasteiger charge is 2.23. The van der Waals surface area contributed by atoms with E-state index in [9.17, 15) is 20.0 Å². The van der Waals surface area contributed by atoms with E-state index in [1.54, 1.807) is 24.3 Å². The predicted molar refractivity (Wildman–Crippen MR) is 87.7 cm³/mol. The molecule has 2 heterocycles. The van der Waals surface area contributed by atoms with Crippen LogP contribution in [0, 0.1) is 16.0 Å². The third-order valence-corrected chi connectivity index (χ3v) is 3.97. The number of benzene rings is 1. The van der Waals surface area contributed by atoms with Gasteiger partial charge in [-0.1, -0.05) is 12.1 Å². The smallest absolute Gasteiger partial charge is 0.342 e. The number of aromatic nitrogens is 1. The molecule has 2 aromatic rings. The standard InChI is InChI=1S/C17H16N2O6/c20-17(21)13-7-14(18-8-15(13)19(22)23)12-3-1-2-4-16(12)25-10-11-5-6-24-9-11/h1-4,7-8,11H,5-6,9-10H2,(H,20,21). The van der Waals surface area contributed by atoms with E-state index < -0.39 is 22.1 Å². The van der Waals surface area contributed by atoms with Crippen LogP contribution in [0.1, 0.15) is 16.8 Å². The van der Waals surface area contributed by atoms with E-state index in [0.29, 0.717) is 36.1 Å². The molecule has 1 N–H and O–H groups in total. The van der Waals surface area contributed by atoms with Gasteiger partial charge in [0.05, 0.1) is 23.8 Å². The van der Waals surface area contributed by atoms with Gasteiger partial charge < -0.3 is 14.6 Å². The molecule has 130 valence electrons. The minimum absolute atomic E-state index is 0.307. The zero-order valence-corrected chi connectivity index (χ0v) is 13.3. The summed E-state index contributed by atoms with van der Waals surface area (Å²) in [6.45, 7) is 1.86. The van der Waals surface area contributed by atoms with Crippen LogP contribution in [-0.2, 0) is 4.74 Å². The summed E-state index contributed by atoms with van der Waals surface area (Å²) >= 11 is 0. The van der Waals surface area contributed by atoms with Gasteiger partial charge in [-0.25, -0.2) is 9.78 Å². The van der Waals surface area contributed by atoms with Crippen LogP contribution in [0.3, 0.4) is 0 Å². The summed E-state index contributed by atoms with van der Waals surface area (Å²) in [6, 6.07) is 8.26. The largest absolute Gasteiger partial charge is 0.493 e. The molecule has 1 aliphatic rings. The lowest BCUT2D eigenvalue weighted by Gasteiger charge is -2.14. The average Bonchev–Trinajstić information content (AvgIpc) is 3.13. The molecule has 1 aromatic heterocycles. The monoisotopic (exact) mass is 344 g/mol. The minimum atomic E-state index is -1.38. The van der Waals surface area contributed by atoms with Crippen molar-refractivity contribution in [3.8, 4) is 17.0 Å². The maximum atomic E-state index is 11.3. The van der Waals surface area contributed by atoms with Crippen LogP contribution in [0.15, 0.2) is 36.5 Å². The normalized spacial score (nSPS) is 16.6. The van der Waals surface area contributed by atoms with Crippen molar-refractivity contribution in [3.05, 3.63) is 52.2 Å². The van der Waals surface area contributed by atoms with Crippen molar-refractivity contribution in [2.24, 2.45) is 5.92 Å². The first-order valence-electron chi connectivity index (χ1n) is 7.74.